The first-order valence-corrected chi connectivity index (χ1v) is 20.5. The van der Waals surface area contributed by atoms with Gasteiger partial charge in [-0.05, 0) is 11.3 Å². The molecule has 0 saturated heterocycles. The fraction of sp³-hybridized carbons (Fsp3) is 0.714. The van der Waals surface area contributed by atoms with E-state index in [9.17, 15) is 4.21 Å². The van der Waals surface area contributed by atoms with Gasteiger partial charge in [0.25, 0.3) is 0 Å². The zero-order valence-corrected chi connectivity index (χ0v) is 22.3. The molecule has 1 rings (SSSR count). The molecule has 151 valence electrons. The van der Waals surface area contributed by atoms with E-state index in [0.29, 0.717) is 11.4 Å². The van der Waals surface area contributed by atoms with Crippen LogP contribution in [0.2, 0.25) is 32.9 Å². The average molecular weight is 505 g/mol. The molecule has 0 fully saturated rings. The van der Waals surface area contributed by atoms with Crippen molar-refractivity contribution < 1.29 is 10.1 Å². The predicted molar refractivity (Wildman–Crippen MR) is 123 cm³/mol. The molecule has 0 aromatic heterocycles. The van der Waals surface area contributed by atoms with Crippen LogP contribution in [0.25, 0.3) is 0 Å². The standard InChI is InChI=1S/C9H14O2SSi.3C4H9.Sn/c1-13(2,3)9-7-5-4-6-8(9)12(10)11;3*1-3-4-2;/h4-7H,1-3H3,(H,10,11);3*1,3-4H2,2H3;/i1D;;;;. The quantitative estimate of drug-likeness (QED) is 0.269. The van der Waals surface area contributed by atoms with Crippen LogP contribution in [-0.4, -0.2) is 36.6 Å². The molecule has 1 radical (unpaired) electrons. The number of unbranched alkanes of at least 4 members (excludes halogenated alkanes) is 3. The summed E-state index contributed by atoms with van der Waals surface area (Å²) in [7, 11) is -1.85. The van der Waals surface area contributed by atoms with Gasteiger partial charge < -0.3 is 4.55 Å². The Hall–Kier alpha value is 0.346. The Morgan fingerprint density at radius 1 is 1.00 bits per heavy atom. The number of hydrogen-bond donors (Lipinski definition) is 1. The maximum Gasteiger partial charge on any atom is 0.186 e. The molecule has 26 heavy (non-hydrogen) atoms. The van der Waals surface area contributed by atoms with Crippen LogP contribution >= 0.6 is 0 Å². The van der Waals surface area contributed by atoms with Crippen molar-refractivity contribution in [3.8, 4) is 0 Å². The molecular formula is C21H41O2SSiSn. The van der Waals surface area contributed by atoms with E-state index in [1.54, 1.807) is 25.4 Å². The molecule has 0 bridgehead atoms. The van der Waals surface area contributed by atoms with Gasteiger partial charge in [-0.2, -0.15) is 0 Å². The van der Waals surface area contributed by atoms with Crippen LogP contribution < -0.4 is 5.19 Å². The topological polar surface area (TPSA) is 37.3 Å². The second-order valence-electron chi connectivity index (χ2n) is 7.69. The smallest absolute Gasteiger partial charge is 0.186 e. The first kappa shape index (κ1) is 24.4. The van der Waals surface area contributed by atoms with E-state index in [1.807, 2.05) is 25.2 Å². The summed E-state index contributed by atoms with van der Waals surface area (Å²) >= 11 is -2.78. The van der Waals surface area contributed by atoms with Crippen molar-refractivity contribution in [2.45, 2.75) is 97.1 Å². The first-order valence-electron chi connectivity index (χ1n) is 10.9. The first-order chi connectivity index (χ1) is 12.8. The number of benzene rings is 1. The van der Waals surface area contributed by atoms with Gasteiger partial charge in [-0.15, -0.1) is 0 Å². The fourth-order valence-corrected chi connectivity index (χ4v) is 15.1. The van der Waals surface area contributed by atoms with Crippen molar-refractivity contribution in [1.82, 2.24) is 0 Å². The minimum atomic E-state index is -1.94. The Morgan fingerprint density at radius 3 is 1.85 bits per heavy atom. The van der Waals surface area contributed by atoms with Crippen LogP contribution in [0.1, 0.15) is 60.7 Å². The molecule has 0 amide bonds. The molecule has 0 saturated carbocycles. The van der Waals surface area contributed by atoms with Crippen LogP contribution in [0.5, 0.6) is 0 Å². The summed E-state index contributed by atoms with van der Waals surface area (Å²) in [5.74, 6) is 0. The summed E-state index contributed by atoms with van der Waals surface area (Å²) in [6, 6.07) is 7.14. The van der Waals surface area contributed by atoms with Gasteiger partial charge in [0.05, 0.1) is 13.0 Å². The molecular weight excluding hydrogens is 463 g/mol. The summed E-state index contributed by atoms with van der Waals surface area (Å²) in [5, 5.41) is 0.913. The Balaban J connectivity index is 0.000000503. The monoisotopic (exact) mass is 506 g/mol. The molecule has 1 N–H and O–H groups in total. The number of rotatable bonds is 11. The van der Waals surface area contributed by atoms with Gasteiger partial charge in [-0.3, -0.25) is 0 Å². The molecule has 0 aliphatic heterocycles. The Bertz CT molecular complexity index is 510. The second kappa shape index (κ2) is 15.3. The van der Waals surface area contributed by atoms with E-state index in [-0.39, 0.29) is 0 Å². The normalized spacial score (nSPS) is 13.1. The zero-order chi connectivity index (χ0) is 20.7. The van der Waals surface area contributed by atoms with E-state index < -0.39 is 38.9 Å². The zero-order valence-electron chi connectivity index (χ0n) is 18.6. The van der Waals surface area contributed by atoms with Crippen LogP contribution in [0.4, 0.5) is 0 Å². The largest absolute Gasteiger partial charge is 0.302 e. The van der Waals surface area contributed by atoms with Gasteiger partial charge in [0.1, 0.15) is 0 Å². The van der Waals surface area contributed by atoms with Crippen LogP contribution in [0.15, 0.2) is 29.2 Å². The van der Waals surface area contributed by atoms with E-state index in [0.717, 1.165) is 5.19 Å². The van der Waals surface area contributed by atoms with Crippen LogP contribution in [0.3, 0.4) is 0 Å². The van der Waals surface area contributed by atoms with E-state index in [2.05, 4.69) is 20.8 Å². The Labute approximate surface area is 175 Å². The van der Waals surface area contributed by atoms with Gasteiger partial charge in [0.15, 0.2) is 11.1 Å². The third kappa shape index (κ3) is 11.9. The van der Waals surface area contributed by atoms with Gasteiger partial charge in [-0.25, -0.2) is 4.21 Å². The third-order valence-electron chi connectivity index (χ3n) is 4.46. The van der Waals surface area contributed by atoms with E-state index in [4.69, 9.17) is 5.92 Å². The summed E-state index contributed by atoms with van der Waals surface area (Å²) in [6.45, 7) is 11.4. The van der Waals surface area contributed by atoms with Gasteiger partial charge in [0.2, 0.25) is 0 Å². The molecule has 1 unspecified atom stereocenters. The average Bonchev–Trinajstić information content (AvgIpc) is 2.67. The van der Waals surface area contributed by atoms with Crippen molar-refractivity contribution in [1.29, 1.82) is 0 Å². The Morgan fingerprint density at radius 2 is 1.46 bits per heavy atom. The summed E-state index contributed by atoms with van der Waals surface area (Å²) in [6.07, 6.45) is 8.85. The predicted octanol–water partition coefficient (Wildman–Crippen LogP) is 6.69. The van der Waals surface area contributed by atoms with Crippen molar-refractivity contribution in [2.75, 3.05) is 0 Å². The summed E-state index contributed by atoms with van der Waals surface area (Å²) in [4.78, 5) is 0.469. The molecule has 0 aliphatic rings. The van der Waals surface area contributed by atoms with Gasteiger partial charge >= 0.3 is 92.4 Å². The maximum absolute atomic E-state index is 11.1. The molecule has 1 aromatic carbocycles. The molecule has 1 atom stereocenters. The minimum absolute atomic E-state index is 0.335. The molecule has 2 nitrogen and oxygen atoms in total. The summed E-state index contributed by atoms with van der Waals surface area (Å²) < 4.78 is 32.7. The van der Waals surface area contributed by atoms with E-state index >= 15 is 0 Å². The fourth-order valence-electron chi connectivity index (χ4n) is 2.83. The molecule has 0 heterocycles. The maximum atomic E-state index is 11.1. The molecule has 1 aromatic rings. The van der Waals surface area contributed by atoms with Gasteiger partial charge in [-0.1, -0.05) is 37.8 Å². The van der Waals surface area contributed by atoms with Crippen LogP contribution in [0, 0.1) is 0 Å². The second-order valence-corrected chi connectivity index (χ2v) is 21.5. The third-order valence-corrected chi connectivity index (χ3v) is 16.3. The van der Waals surface area contributed by atoms with Gasteiger partial charge in [0, 0.05) is 1.37 Å². The van der Waals surface area contributed by atoms with Crippen molar-refractivity contribution in [3.63, 3.8) is 0 Å². The summed E-state index contributed by atoms with van der Waals surface area (Å²) in [5.41, 5.74) is 0. The Kier molecular flexibility index (Phi) is 14.3. The minimum Gasteiger partial charge on any atom is -0.302 e. The van der Waals surface area contributed by atoms with Crippen molar-refractivity contribution in [3.05, 3.63) is 24.3 Å². The SMILES string of the molecule is CCC[CH2][Sn]([CH2]CCC)[CH2]CCC.[2H]C[Si](C)(C)c1ccccc1S(=O)O. The molecule has 0 aliphatic carbocycles. The molecule has 0 spiro atoms. The van der Waals surface area contributed by atoms with E-state index in [1.165, 1.54) is 38.5 Å². The molecule has 5 heteroatoms. The van der Waals surface area contributed by atoms with Crippen LogP contribution in [-0.2, 0) is 11.1 Å². The van der Waals surface area contributed by atoms with Crippen molar-refractivity contribution >= 4 is 44.1 Å². The van der Waals surface area contributed by atoms with Crippen molar-refractivity contribution in [2.24, 2.45) is 0 Å². The number of hydrogen-bond acceptors (Lipinski definition) is 1.